The van der Waals surface area contributed by atoms with Gasteiger partial charge in [-0.3, -0.25) is 4.79 Å². The van der Waals surface area contributed by atoms with Gasteiger partial charge in [0.2, 0.25) is 0 Å². The summed E-state index contributed by atoms with van der Waals surface area (Å²) in [5, 5.41) is 14.2. The summed E-state index contributed by atoms with van der Waals surface area (Å²) in [6.45, 7) is 6.97. The SMILES string of the molecule is CCCOC(=O)C1=C(C(=O)O)N2C(=O)[C@H](NC(=O)OC(C)(C)C)CN2C1. The highest BCUT2D eigenvalue weighted by Gasteiger charge is 2.49. The predicted octanol–water partition coefficient (Wildman–Crippen LogP) is 0.244. The average Bonchev–Trinajstić information content (AvgIpc) is 3.01. The average molecular weight is 369 g/mol. The summed E-state index contributed by atoms with van der Waals surface area (Å²) in [5.74, 6) is -2.82. The second-order valence-corrected chi connectivity index (χ2v) is 6.96. The molecular weight excluding hydrogens is 346 g/mol. The van der Waals surface area contributed by atoms with Crippen molar-refractivity contribution in [1.29, 1.82) is 0 Å². The van der Waals surface area contributed by atoms with Crippen molar-refractivity contribution in [1.82, 2.24) is 15.3 Å². The Morgan fingerprint density at radius 1 is 1.31 bits per heavy atom. The van der Waals surface area contributed by atoms with Gasteiger partial charge in [0.25, 0.3) is 5.91 Å². The van der Waals surface area contributed by atoms with Gasteiger partial charge in [-0.1, -0.05) is 6.92 Å². The second-order valence-electron chi connectivity index (χ2n) is 6.96. The Morgan fingerprint density at radius 2 is 1.96 bits per heavy atom. The minimum absolute atomic E-state index is 0.0272. The van der Waals surface area contributed by atoms with E-state index in [0.29, 0.717) is 6.42 Å². The van der Waals surface area contributed by atoms with Gasteiger partial charge in [-0.15, -0.1) is 0 Å². The number of fused-ring (bicyclic) bond motifs is 1. The number of carboxylic acid groups (broad SMARTS) is 1. The van der Waals surface area contributed by atoms with E-state index in [1.807, 2.05) is 6.92 Å². The number of hydrogen-bond acceptors (Lipinski definition) is 7. The van der Waals surface area contributed by atoms with Gasteiger partial charge in [-0.2, -0.15) is 0 Å². The number of nitrogens with zero attached hydrogens (tertiary/aromatic N) is 2. The first-order valence-electron chi connectivity index (χ1n) is 8.27. The van der Waals surface area contributed by atoms with Crippen LogP contribution in [0.15, 0.2) is 11.3 Å². The van der Waals surface area contributed by atoms with E-state index in [0.717, 1.165) is 5.01 Å². The van der Waals surface area contributed by atoms with E-state index in [1.165, 1.54) is 5.01 Å². The molecule has 2 aliphatic rings. The molecule has 26 heavy (non-hydrogen) atoms. The highest BCUT2D eigenvalue weighted by Crippen LogP contribution is 2.30. The molecule has 0 aromatic rings. The third kappa shape index (κ3) is 4.13. The number of alkyl carbamates (subject to hydrolysis) is 1. The first kappa shape index (κ1) is 19.7. The van der Waals surface area contributed by atoms with E-state index in [9.17, 15) is 24.3 Å². The summed E-state index contributed by atoms with van der Waals surface area (Å²) >= 11 is 0. The Labute approximate surface area is 150 Å². The van der Waals surface area contributed by atoms with E-state index in [2.05, 4.69) is 5.32 Å². The first-order chi connectivity index (χ1) is 12.0. The van der Waals surface area contributed by atoms with Crippen molar-refractivity contribution in [2.75, 3.05) is 19.7 Å². The zero-order valence-corrected chi connectivity index (χ0v) is 15.2. The molecule has 2 heterocycles. The van der Waals surface area contributed by atoms with Gasteiger partial charge >= 0.3 is 18.0 Å². The van der Waals surface area contributed by atoms with E-state index in [1.54, 1.807) is 20.8 Å². The molecule has 2 aliphatic heterocycles. The molecule has 2 rings (SSSR count). The largest absolute Gasteiger partial charge is 0.477 e. The number of hydrogen-bond donors (Lipinski definition) is 2. The molecule has 0 bridgehead atoms. The fraction of sp³-hybridized carbons (Fsp3) is 0.625. The molecule has 1 saturated heterocycles. The number of carbonyl (C=O) groups excluding carboxylic acids is 3. The molecule has 0 aliphatic carbocycles. The molecule has 0 unspecified atom stereocenters. The van der Waals surface area contributed by atoms with Crippen molar-refractivity contribution in [3.8, 4) is 0 Å². The predicted molar refractivity (Wildman–Crippen MR) is 87.5 cm³/mol. The minimum Gasteiger partial charge on any atom is -0.477 e. The van der Waals surface area contributed by atoms with Crippen LogP contribution in [0.4, 0.5) is 4.79 Å². The van der Waals surface area contributed by atoms with Gasteiger partial charge in [-0.25, -0.2) is 24.4 Å². The lowest BCUT2D eigenvalue weighted by atomic mass is 10.2. The number of carbonyl (C=O) groups is 4. The number of ether oxygens (including phenoxy) is 2. The lowest BCUT2D eigenvalue weighted by molar-refractivity contribution is -0.143. The molecule has 1 atom stereocenters. The maximum absolute atomic E-state index is 12.5. The van der Waals surface area contributed by atoms with Crippen LogP contribution in [0.3, 0.4) is 0 Å². The molecule has 0 saturated carbocycles. The van der Waals surface area contributed by atoms with Gasteiger partial charge in [0.15, 0.2) is 5.70 Å². The fourth-order valence-electron chi connectivity index (χ4n) is 2.65. The monoisotopic (exact) mass is 369 g/mol. The molecular formula is C16H23N3O7. The zero-order chi connectivity index (χ0) is 19.6. The normalized spacial score (nSPS) is 20.2. The summed E-state index contributed by atoms with van der Waals surface area (Å²) in [6.07, 6.45) is -0.183. The van der Waals surface area contributed by atoms with E-state index in [-0.39, 0.29) is 25.3 Å². The number of esters is 1. The Hall–Kier alpha value is -2.62. The van der Waals surface area contributed by atoms with Crippen molar-refractivity contribution in [3.63, 3.8) is 0 Å². The molecule has 144 valence electrons. The molecule has 0 aromatic heterocycles. The molecule has 0 spiro atoms. The Balaban J connectivity index is 2.15. The third-order valence-electron chi connectivity index (χ3n) is 3.60. The van der Waals surface area contributed by atoms with Crippen LogP contribution in [-0.2, 0) is 23.9 Å². The minimum atomic E-state index is -1.41. The number of nitrogens with one attached hydrogen (secondary N) is 1. The van der Waals surface area contributed by atoms with Crippen molar-refractivity contribution in [2.24, 2.45) is 0 Å². The highest BCUT2D eigenvalue weighted by atomic mass is 16.6. The van der Waals surface area contributed by atoms with Crippen LogP contribution in [-0.4, -0.2) is 70.4 Å². The summed E-state index contributed by atoms with van der Waals surface area (Å²) in [4.78, 5) is 48.1. The van der Waals surface area contributed by atoms with Crippen molar-refractivity contribution in [3.05, 3.63) is 11.3 Å². The van der Waals surface area contributed by atoms with Crippen molar-refractivity contribution >= 4 is 23.9 Å². The summed E-state index contributed by atoms with van der Waals surface area (Å²) in [6, 6.07) is -0.965. The van der Waals surface area contributed by atoms with Crippen LogP contribution in [0.5, 0.6) is 0 Å². The van der Waals surface area contributed by atoms with Crippen LogP contribution in [0.1, 0.15) is 34.1 Å². The first-order valence-corrected chi connectivity index (χ1v) is 8.27. The lowest BCUT2D eigenvalue weighted by Crippen LogP contribution is -2.45. The topological polar surface area (TPSA) is 125 Å². The van der Waals surface area contributed by atoms with Crippen LogP contribution >= 0.6 is 0 Å². The molecule has 0 radical (unpaired) electrons. The molecule has 2 amide bonds. The van der Waals surface area contributed by atoms with Gasteiger partial charge in [-0.05, 0) is 27.2 Å². The number of hydrazine groups is 1. The number of amides is 2. The van der Waals surface area contributed by atoms with Crippen molar-refractivity contribution < 1.29 is 33.8 Å². The smallest absolute Gasteiger partial charge is 0.408 e. The summed E-state index contributed by atoms with van der Waals surface area (Å²) < 4.78 is 10.1. The molecule has 0 aromatic carbocycles. The maximum Gasteiger partial charge on any atom is 0.408 e. The number of aliphatic carboxylic acids is 1. The Morgan fingerprint density at radius 3 is 2.50 bits per heavy atom. The standard InChI is InChI=1S/C16H23N3O7/c1-5-6-25-14(23)9-7-18-8-10(17-15(24)26-16(2,3)4)12(20)19(18)11(9)13(21)22/h10H,5-8H2,1-4H3,(H,17,24)(H,21,22)/t10-/m1/s1. The Kier molecular flexibility index (Phi) is 5.55. The number of carboxylic acids is 1. The quantitative estimate of drug-likeness (QED) is 0.660. The fourth-order valence-corrected chi connectivity index (χ4v) is 2.65. The van der Waals surface area contributed by atoms with Gasteiger partial charge in [0.05, 0.1) is 18.7 Å². The van der Waals surface area contributed by atoms with Gasteiger partial charge in [0, 0.05) is 6.54 Å². The third-order valence-corrected chi connectivity index (χ3v) is 3.60. The zero-order valence-electron chi connectivity index (χ0n) is 15.2. The molecule has 10 nitrogen and oxygen atoms in total. The van der Waals surface area contributed by atoms with Crippen LogP contribution < -0.4 is 5.32 Å². The molecule has 2 N–H and O–H groups in total. The van der Waals surface area contributed by atoms with E-state index < -0.39 is 41.3 Å². The summed E-state index contributed by atoms with van der Waals surface area (Å²) in [5.41, 5.74) is -1.26. The van der Waals surface area contributed by atoms with Crippen LogP contribution in [0.25, 0.3) is 0 Å². The van der Waals surface area contributed by atoms with Gasteiger partial charge < -0.3 is 19.9 Å². The molecule has 1 fully saturated rings. The second kappa shape index (κ2) is 7.32. The number of rotatable bonds is 5. The van der Waals surface area contributed by atoms with E-state index >= 15 is 0 Å². The van der Waals surface area contributed by atoms with Gasteiger partial charge in [0.1, 0.15) is 11.6 Å². The van der Waals surface area contributed by atoms with Crippen molar-refractivity contribution in [2.45, 2.75) is 45.8 Å². The Bertz CT molecular complexity index is 665. The van der Waals surface area contributed by atoms with E-state index in [4.69, 9.17) is 9.47 Å². The van der Waals surface area contributed by atoms with Crippen LogP contribution in [0, 0.1) is 0 Å². The van der Waals surface area contributed by atoms with Crippen LogP contribution in [0.2, 0.25) is 0 Å². The highest BCUT2D eigenvalue weighted by molar-refractivity contribution is 6.05. The lowest BCUT2D eigenvalue weighted by Gasteiger charge is -2.21. The maximum atomic E-state index is 12.5. The summed E-state index contributed by atoms with van der Waals surface area (Å²) in [7, 11) is 0. The molecule has 10 heteroatoms.